The highest BCUT2D eigenvalue weighted by Gasteiger charge is 2.36. The predicted octanol–water partition coefficient (Wildman–Crippen LogP) is 7.77. The van der Waals surface area contributed by atoms with Gasteiger partial charge in [0.1, 0.15) is 17.3 Å². The number of hydrogen-bond donors (Lipinski definition) is 2. The van der Waals surface area contributed by atoms with Crippen molar-refractivity contribution in [3.05, 3.63) is 77.6 Å². The lowest BCUT2D eigenvalue weighted by Crippen LogP contribution is -2.58. The number of allylic oxidation sites excluding steroid dienone is 2. The lowest BCUT2D eigenvalue weighted by molar-refractivity contribution is -0.130. The van der Waals surface area contributed by atoms with E-state index in [9.17, 15) is 14.9 Å². The monoisotopic (exact) mass is 733 g/mol. The third-order valence-corrected chi connectivity index (χ3v) is 10.7. The van der Waals surface area contributed by atoms with Crippen molar-refractivity contribution in [2.75, 3.05) is 23.7 Å². The van der Waals surface area contributed by atoms with Crippen LogP contribution in [0.25, 0.3) is 28.0 Å². The Bertz CT molecular complexity index is 1970. The van der Waals surface area contributed by atoms with Crippen molar-refractivity contribution in [2.45, 2.75) is 52.7 Å². The number of nitrogens with one attached hydrogen (secondary N) is 1. The summed E-state index contributed by atoms with van der Waals surface area (Å²) in [7, 11) is 0. The Kier molecular flexibility index (Phi) is 9.85. The van der Waals surface area contributed by atoms with Crippen molar-refractivity contribution in [2.24, 2.45) is 5.92 Å². The Hall–Kier alpha value is -3.39. The van der Waals surface area contributed by atoms with E-state index in [-0.39, 0.29) is 83.2 Å². The number of nitrogens with two attached hydrogens (primary N) is 1. The van der Waals surface area contributed by atoms with Crippen LogP contribution in [0, 0.1) is 17.2 Å². The zero-order valence-electron chi connectivity index (χ0n) is 26.3. The first-order valence-electron chi connectivity index (χ1n) is 14.8. The Morgan fingerprint density at radius 2 is 1.74 bits per heavy atom. The Morgan fingerprint density at radius 1 is 1.13 bits per heavy atom. The van der Waals surface area contributed by atoms with Crippen molar-refractivity contribution in [1.82, 2.24) is 19.8 Å². The van der Waals surface area contributed by atoms with Gasteiger partial charge in [-0.25, -0.2) is 4.98 Å². The highest BCUT2D eigenvalue weighted by Crippen LogP contribution is 2.49. The van der Waals surface area contributed by atoms with Crippen LogP contribution in [-0.2, 0) is 4.79 Å². The largest absolute Gasteiger partial charge is 0.397 e. The summed E-state index contributed by atoms with van der Waals surface area (Å²) in [5.74, 6) is -0.158. The van der Waals surface area contributed by atoms with Crippen LogP contribution in [0.2, 0.25) is 25.1 Å². The zero-order chi connectivity index (χ0) is 34.6. The summed E-state index contributed by atoms with van der Waals surface area (Å²) in [5.41, 5.74) is 8.03. The molecule has 1 amide bonds. The summed E-state index contributed by atoms with van der Waals surface area (Å²) >= 11 is 32.8. The molecule has 0 unspecified atom stereocenters. The van der Waals surface area contributed by atoms with E-state index in [2.05, 4.69) is 18.0 Å². The number of pyridine rings is 2. The van der Waals surface area contributed by atoms with Crippen LogP contribution in [0.15, 0.2) is 41.4 Å². The molecule has 14 heteroatoms. The third kappa shape index (κ3) is 5.74. The number of hydrogen-bond acceptors (Lipinski definition) is 7. The molecular formula is C33H32Cl5N7O2. The molecule has 2 aliphatic rings. The lowest BCUT2D eigenvalue weighted by atomic mass is 9.94. The normalized spacial score (nSPS) is 19.7. The van der Waals surface area contributed by atoms with E-state index in [1.165, 1.54) is 10.6 Å². The number of fused-ring (bicyclic) bond motifs is 1. The minimum Gasteiger partial charge on any atom is -0.397 e. The van der Waals surface area contributed by atoms with Crippen molar-refractivity contribution in [3.8, 4) is 17.3 Å². The second-order valence-corrected chi connectivity index (χ2v) is 14.0. The third-order valence-electron chi connectivity index (χ3n) is 8.61. The number of benzene rings is 1. The number of halogens is 5. The summed E-state index contributed by atoms with van der Waals surface area (Å²) in [5, 5.41) is 14.4. The highest BCUT2D eigenvalue weighted by molar-refractivity contribution is 6.54. The number of nitrogen functional groups attached to an aromatic ring is 1. The van der Waals surface area contributed by atoms with E-state index in [0.29, 0.717) is 29.9 Å². The maximum atomic E-state index is 14.7. The van der Waals surface area contributed by atoms with Gasteiger partial charge in [-0.1, -0.05) is 78.4 Å². The van der Waals surface area contributed by atoms with Gasteiger partial charge < -0.3 is 20.9 Å². The number of piperazine rings is 1. The molecule has 3 N–H and O–H groups in total. The molecule has 5 rings (SSSR count). The van der Waals surface area contributed by atoms with Gasteiger partial charge in [0.05, 0.1) is 53.9 Å². The molecule has 9 nitrogen and oxygen atoms in total. The maximum Gasteiger partial charge on any atom is 0.276 e. The average Bonchev–Trinajstić information content (AvgIpc) is 3.02. The molecule has 1 aromatic carbocycles. The number of rotatable bonds is 5. The minimum absolute atomic E-state index is 0.00552. The first-order chi connectivity index (χ1) is 22.2. The molecule has 2 aliphatic heterocycles. The summed E-state index contributed by atoms with van der Waals surface area (Å²) in [6.07, 6.45) is 4.97. The van der Waals surface area contributed by atoms with Gasteiger partial charge in [-0.2, -0.15) is 5.26 Å². The number of nitriles is 1. The highest BCUT2D eigenvalue weighted by atomic mass is 35.5. The molecule has 47 heavy (non-hydrogen) atoms. The van der Waals surface area contributed by atoms with Crippen LogP contribution in [-0.4, -0.2) is 51.6 Å². The van der Waals surface area contributed by atoms with Crippen LogP contribution >= 0.6 is 58.0 Å². The Labute approximate surface area is 297 Å². The zero-order valence-corrected chi connectivity index (χ0v) is 30.0. The molecule has 1 saturated heterocycles. The number of carbonyl (C=O) groups is 1. The topological polar surface area (TPSA) is 120 Å². The minimum atomic E-state index is -0.566. The van der Waals surface area contributed by atoms with E-state index in [4.69, 9.17) is 68.7 Å². The van der Waals surface area contributed by atoms with Crippen LogP contribution in [0.5, 0.6) is 0 Å². The summed E-state index contributed by atoms with van der Waals surface area (Å²) in [4.78, 5) is 36.0. The van der Waals surface area contributed by atoms with Crippen LogP contribution in [0.1, 0.15) is 40.2 Å². The Morgan fingerprint density at radius 3 is 2.32 bits per heavy atom. The summed E-state index contributed by atoms with van der Waals surface area (Å²) in [6.45, 7) is 14.1. The van der Waals surface area contributed by atoms with E-state index in [1.54, 1.807) is 11.0 Å². The predicted molar refractivity (Wildman–Crippen MR) is 194 cm³/mol. The van der Waals surface area contributed by atoms with Crippen LogP contribution in [0.4, 0.5) is 11.4 Å². The van der Waals surface area contributed by atoms with Gasteiger partial charge in [0, 0.05) is 36.1 Å². The molecule has 0 bridgehead atoms. The van der Waals surface area contributed by atoms with Gasteiger partial charge in [-0.3, -0.25) is 14.2 Å². The number of carbonyl (C=O) groups excluding carboxylic acids is 1. The van der Waals surface area contributed by atoms with Crippen LogP contribution in [0.3, 0.4) is 0 Å². The van der Waals surface area contributed by atoms with Gasteiger partial charge in [-0.15, -0.1) is 0 Å². The first kappa shape index (κ1) is 34.9. The molecule has 0 saturated carbocycles. The maximum absolute atomic E-state index is 14.7. The first-order valence-corrected chi connectivity index (χ1v) is 16.7. The van der Waals surface area contributed by atoms with E-state index < -0.39 is 5.56 Å². The van der Waals surface area contributed by atoms with Crippen molar-refractivity contribution < 1.29 is 4.79 Å². The fraction of sp³-hybridized carbons (Fsp3) is 0.333. The van der Waals surface area contributed by atoms with Gasteiger partial charge >= 0.3 is 0 Å². The summed E-state index contributed by atoms with van der Waals surface area (Å²) in [6, 6.07) is 2.98. The summed E-state index contributed by atoms with van der Waals surface area (Å²) < 4.78 is 1.46. The molecule has 0 spiro atoms. The fourth-order valence-electron chi connectivity index (χ4n) is 6.53. The van der Waals surface area contributed by atoms with Crippen LogP contribution < -0.4 is 21.5 Å². The number of aromatic nitrogens is 2. The molecule has 2 aromatic heterocycles. The second kappa shape index (κ2) is 13.3. The smallest absolute Gasteiger partial charge is 0.276 e. The van der Waals surface area contributed by atoms with Gasteiger partial charge in [0.2, 0.25) is 5.91 Å². The quantitative estimate of drug-likeness (QED) is 0.119. The average molecular weight is 736 g/mol. The second-order valence-electron chi connectivity index (χ2n) is 12.1. The standard InChI is InChI=1S/C33H32Cl5N7O2/c1-7-21(46)44-16(5)12-43(13-17(44)6)31-18-10-20(34)29(22-23(35)24(36)25(37)26(38)27(22)40)42-32(18)45(33(47)19(31)11-39)30-15(4)8-9-41-28(30)14(2)3/h7-10,14,16-17,28,41H,1,12-13,40H2,2-6H3/t16-,17+,28-/m1/s1. The molecule has 1 fully saturated rings. The molecule has 3 atom stereocenters. The molecular weight excluding hydrogens is 704 g/mol. The van der Waals surface area contributed by atoms with Gasteiger partial charge in [0.15, 0.2) is 0 Å². The van der Waals surface area contributed by atoms with Crippen molar-refractivity contribution in [1.29, 1.82) is 5.26 Å². The number of anilines is 2. The molecule has 0 radical (unpaired) electrons. The van der Waals surface area contributed by atoms with E-state index in [1.807, 2.05) is 51.8 Å². The van der Waals surface area contributed by atoms with Gasteiger partial charge in [0.25, 0.3) is 5.56 Å². The molecule has 4 heterocycles. The molecule has 0 aliphatic carbocycles. The number of dihydropyridines is 1. The lowest BCUT2D eigenvalue weighted by Gasteiger charge is -2.45. The Balaban J connectivity index is 1.92. The molecule has 246 valence electrons. The van der Waals surface area contributed by atoms with Gasteiger partial charge in [-0.05, 0) is 56.7 Å². The molecule has 3 aromatic rings. The number of amides is 1. The van der Waals surface area contributed by atoms with E-state index in [0.717, 1.165) is 5.57 Å². The van der Waals surface area contributed by atoms with Crippen molar-refractivity contribution in [3.63, 3.8) is 0 Å². The SMILES string of the molecule is C=CC(=O)N1[C@H](C)CN(c2c(C#N)c(=O)n(C3=C(C)C=CN[C@@H]3C(C)C)c3nc(-c4c(N)c(Cl)c(Cl)c(Cl)c4Cl)c(Cl)cc23)C[C@@H]1C. The van der Waals surface area contributed by atoms with E-state index >= 15 is 0 Å². The van der Waals surface area contributed by atoms with Crippen molar-refractivity contribution >= 4 is 92.0 Å². The fourth-order valence-corrected chi connectivity index (χ4v) is 7.73. The number of nitrogens with zero attached hydrogens (tertiary/aromatic N) is 5.